The van der Waals surface area contributed by atoms with Crippen LogP contribution < -0.4 is 5.32 Å². The van der Waals surface area contributed by atoms with E-state index >= 15 is 0 Å². The van der Waals surface area contributed by atoms with Crippen molar-refractivity contribution in [3.8, 4) is 0 Å². The number of carbonyl (C=O) groups excluding carboxylic acids is 2. The van der Waals surface area contributed by atoms with Crippen molar-refractivity contribution in [2.45, 2.75) is 26.2 Å². The summed E-state index contributed by atoms with van der Waals surface area (Å²) >= 11 is 0. The van der Waals surface area contributed by atoms with E-state index in [-0.39, 0.29) is 29.7 Å². The highest BCUT2D eigenvalue weighted by Crippen LogP contribution is 1.95. The van der Waals surface area contributed by atoms with E-state index in [0.29, 0.717) is 12.8 Å². The van der Waals surface area contributed by atoms with E-state index in [0.717, 1.165) is 0 Å². The maximum atomic E-state index is 10.6. The number of amides is 2. The molecule has 1 saturated heterocycles. The van der Waals surface area contributed by atoms with Gasteiger partial charge in [-0.25, -0.2) is 8.42 Å². The second kappa shape index (κ2) is 7.00. The summed E-state index contributed by atoms with van der Waals surface area (Å²) < 4.78 is 21.3. The third kappa shape index (κ3) is 8.38. The summed E-state index contributed by atoms with van der Waals surface area (Å²) in [6.07, 6.45) is 0.452. The quantitative estimate of drug-likeness (QED) is 0.650. The molecule has 2 amide bonds. The van der Waals surface area contributed by atoms with E-state index in [1.165, 1.54) is 6.92 Å². The molecule has 98 valence electrons. The number of sulfone groups is 1. The lowest BCUT2D eigenvalue weighted by molar-refractivity contribution is -0.136. The minimum Gasteiger partial charge on any atom is -0.481 e. The van der Waals surface area contributed by atoms with Crippen LogP contribution in [0, 0.1) is 0 Å². The molecule has 0 aliphatic carbocycles. The molecule has 0 aromatic carbocycles. The Kier molecular flexibility index (Phi) is 6.40. The number of carboxylic acids is 1. The molecular formula is C9H15NO6S. The summed E-state index contributed by atoms with van der Waals surface area (Å²) in [5, 5.41) is 10.2. The number of nitrogens with one attached hydrogen (secondary N) is 1. The molecule has 0 spiro atoms. The third-order valence-corrected chi connectivity index (χ3v) is 3.63. The summed E-state index contributed by atoms with van der Waals surface area (Å²) in [6.45, 7) is 1.50. The third-order valence-electron chi connectivity index (χ3n) is 1.92. The van der Waals surface area contributed by atoms with Crippen LogP contribution in [0.25, 0.3) is 0 Å². The second-order valence-electron chi connectivity index (χ2n) is 3.35. The van der Waals surface area contributed by atoms with Gasteiger partial charge in [-0.2, -0.15) is 0 Å². The van der Waals surface area contributed by atoms with Crippen LogP contribution in [0.4, 0.5) is 0 Å². The molecule has 0 aromatic heterocycles. The average molecular weight is 265 g/mol. The zero-order chi connectivity index (χ0) is 13.5. The van der Waals surface area contributed by atoms with Crippen LogP contribution in [0.1, 0.15) is 26.2 Å². The van der Waals surface area contributed by atoms with Crippen LogP contribution in [0.15, 0.2) is 0 Å². The lowest BCUT2D eigenvalue weighted by Crippen LogP contribution is -2.18. The Labute approximate surface area is 99.1 Å². The summed E-state index contributed by atoms with van der Waals surface area (Å²) in [6, 6.07) is 0. The summed E-state index contributed by atoms with van der Waals surface area (Å²) in [7, 11) is -3.10. The maximum Gasteiger partial charge on any atom is 0.304 e. The van der Waals surface area contributed by atoms with Crippen LogP contribution in [-0.2, 0) is 24.2 Å². The molecule has 17 heavy (non-hydrogen) atoms. The molecule has 1 heterocycles. The Balaban J connectivity index is 0.000000318. The first-order valence-corrected chi connectivity index (χ1v) is 6.84. The molecule has 1 rings (SSSR count). The zero-order valence-corrected chi connectivity index (χ0v) is 10.2. The molecule has 1 aliphatic heterocycles. The smallest absolute Gasteiger partial charge is 0.304 e. The molecule has 0 aromatic rings. The van der Waals surface area contributed by atoms with Crippen molar-refractivity contribution in [2.75, 3.05) is 11.5 Å². The van der Waals surface area contributed by atoms with E-state index in [2.05, 4.69) is 5.32 Å². The van der Waals surface area contributed by atoms with Crippen molar-refractivity contribution in [2.24, 2.45) is 0 Å². The highest BCUT2D eigenvalue weighted by molar-refractivity contribution is 7.91. The first-order valence-electron chi connectivity index (χ1n) is 5.01. The van der Waals surface area contributed by atoms with Crippen molar-refractivity contribution >= 4 is 27.6 Å². The van der Waals surface area contributed by atoms with E-state index < -0.39 is 15.8 Å². The fraction of sp³-hybridized carbons (Fsp3) is 0.667. The average Bonchev–Trinajstić information content (AvgIpc) is 2.61. The van der Waals surface area contributed by atoms with Crippen molar-refractivity contribution in [3.63, 3.8) is 0 Å². The molecule has 7 nitrogen and oxygen atoms in total. The molecule has 0 radical (unpaired) electrons. The van der Waals surface area contributed by atoms with Gasteiger partial charge >= 0.3 is 5.97 Å². The fourth-order valence-corrected chi connectivity index (χ4v) is 1.67. The Morgan fingerprint density at radius 1 is 1.29 bits per heavy atom. The van der Waals surface area contributed by atoms with Crippen molar-refractivity contribution in [1.82, 2.24) is 5.32 Å². The molecule has 0 bridgehead atoms. The predicted octanol–water partition coefficient (Wildman–Crippen LogP) is -0.681. The van der Waals surface area contributed by atoms with Gasteiger partial charge < -0.3 is 5.11 Å². The van der Waals surface area contributed by atoms with Gasteiger partial charge in [0.05, 0.1) is 12.2 Å². The normalized spacial score (nSPS) is 14.9. The molecule has 0 atom stereocenters. The van der Waals surface area contributed by atoms with Crippen LogP contribution in [0.3, 0.4) is 0 Å². The highest BCUT2D eigenvalue weighted by atomic mass is 32.2. The Morgan fingerprint density at radius 2 is 1.76 bits per heavy atom. The van der Waals surface area contributed by atoms with Gasteiger partial charge in [0.2, 0.25) is 11.8 Å². The highest BCUT2D eigenvalue weighted by Gasteiger charge is 2.15. The number of carboxylic acid groups (broad SMARTS) is 1. The molecule has 1 fully saturated rings. The molecule has 0 saturated carbocycles. The molecule has 8 heteroatoms. The topological polar surface area (TPSA) is 118 Å². The van der Waals surface area contributed by atoms with Gasteiger partial charge in [0.15, 0.2) is 9.84 Å². The number of hydrogen-bond acceptors (Lipinski definition) is 5. The molecule has 1 aliphatic rings. The largest absolute Gasteiger partial charge is 0.481 e. The van der Waals surface area contributed by atoms with E-state index in [1.54, 1.807) is 0 Å². The van der Waals surface area contributed by atoms with Gasteiger partial charge in [-0.3, -0.25) is 19.7 Å². The zero-order valence-electron chi connectivity index (χ0n) is 9.43. The fourth-order valence-electron chi connectivity index (χ4n) is 0.895. The van der Waals surface area contributed by atoms with Gasteiger partial charge in [-0.15, -0.1) is 0 Å². The first-order chi connectivity index (χ1) is 7.76. The standard InChI is InChI=1S/C5H10O4S.C4H5NO2/c1-2-10(8,9)4-3-5(6)7;6-3-1-2-4(7)5-3/h2-4H2,1H3,(H,6,7);1-2H2,(H,5,6,7). The van der Waals surface area contributed by atoms with E-state index in [9.17, 15) is 22.8 Å². The maximum absolute atomic E-state index is 10.6. The minimum absolute atomic E-state index is 0.0142. The monoisotopic (exact) mass is 265 g/mol. The van der Waals surface area contributed by atoms with Gasteiger partial charge in [-0.1, -0.05) is 6.92 Å². The SMILES string of the molecule is CCS(=O)(=O)CCC(=O)O.O=C1CCC(=O)N1. The van der Waals surface area contributed by atoms with Gasteiger partial charge in [0.25, 0.3) is 0 Å². The molecular weight excluding hydrogens is 250 g/mol. The molecule has 2 N–H and O–H groups in total. The van der Waals surface area contributed by atoms with Gasteiger partial charge in [0, 0.05) is 18.6 Å². The summed E-state index contributed by atoms with van der Waals surface area (Å²) in [5.41, 5.74) is 0. The van der Waals surface area contributed by atoms with E-state index in [4.69, 9.17) is 5.11 Å². The number of aliphatic carboxylic acids is 1. The van der Waals surface area contributed by atoms with Crippen LogP contribution >= 0.6 is 0 Å². The van der Waals surface area contributed by atoms with Crippen LogP contribution in [0.5, 0.6) is 0 Å². The number of imide groups is 1. The first kappa shape index (κ1) is 15.6. The van der Waals surface area contributed by atoms with Crippen molar-refractivity contribution < 1.29 is 27.9 Å². The minimum atomic E-state index is -3.10. The van der Waals surface area contributed by atoms with Gasteiger partial charge in [0.1, 0.15) is 0 Å². The lowest BCUT2D eigenvalue weighted by atomic mass is 10.4. The second-order valence-corrected chi connectivity index (χ2v) is 5.82. The van der Waals surface area contributed by atoms with Crippen LogP contribution in [-0.4, -0.2) is 42.8 Å². The van der Waals surface area contributed by atoms with Gasteiger partial charge in [-0.05, 0) is 0 Å². The van der Waals surface area contributed by atoms with E-state index in [1.807, 2.05) is 0 Å². The summed E-state index contributed by atoms with van der Waals surface area (Å²) in [5.74, 6) is -1.61. The summed E-state index contributed by atoms with van der Waals surface area (Å²) in [4.78, 5) is 30.1. The van der Waals surface area contributed by atoms with Crippen molar-refractivity contribution in [3.05, 3.63) is 0 Å². The Hall–Kier alpha value is -1.44. The Morgan fingerprint density at radius 3 is 2.00 bits per heavy atom. The number of rotatable bonds is 4. The van der Waals surface area contributed by atoms with Crippen LogP contribution in [0.2, 0.25) is 0 Å². The Bertz CT molecular complexity index is 386. The molecule has 0 unspecified atom stereocenters. The van der Waals surface area contributed by atoms with Crippen molar-refractivity contribution in [1.29, 1.82) is 0 Å². The number of carbonyl (C=O) groups is 3. The lowest BCUT2D eigenvalue weighted by Gasteiger charge is -1.95. The predicted molar refractivity (Wildman–Crippen MR) is 59.0 cm³/mol. The number of hydrogen-bond donors (Lipinski definition) is 2.